The molecule has 0 bridgehead atoms. The smallest absolute Gasteiger partial charge is 0.434 e. The second kappa shape index (κ2) is 4.22. The van der Waals surface area contributed by atoms with Crippen LogP contribution in [0.1, 0.15) is 12.6 Å². The fourth-order valence-corrected chi connectivity index (χ4v) is 1.45. The van der Waals surface area contributed by atoms with Crippen molar-refractivity contribution < 1.29 is 14.3 Å². The fourth-order valence-electron chi connectivity index (χ4n) is 1.45. The van der Waals surface area contributed by atoms with E-state index in [0.29, 0.717) is 11.4 Å². The van der Waals surface area contributed by atoms with Gasteiger partial charge < -0.3 is 9.47 Å². The third-order valence-electron chi connectivity index (χ3n) is 2.11. The van der Waals surface area contributed by atoms with Crippen molar-refractivity contribution in [3.63, 3.8) is 0 Å². The molecule has 0 saturated heterocycles. The van der Waals surface area contributed by atoms with E-state index in [1.165, 1.54) is 0 Å². The quantitative estimate of drug-likeness (QED) is 0.728. The first kappa shape index (κ1) is 10.5. The number of carbonyl (C=O) groups is 1. The van der Waals surface area contributed by atoms with E-state index < -0.39 is 6.16 Å². The van der Waals surface area contributed by atoms with Crippen molar-refractivity contribution in [1.29, 1.82) is 0 Å². The van der Waals surface area contributed by atoms with Gasteiger partial charge in [-0.15, -0.1) is 0 Å². The normalized spacial score (nSPS) is 10.4. The van der Waals surface area contributed by atoms with Gasteiger partial charge in [-0.2, -0.15) is 5.10 Å². The van der Waals surface area contributed by atoms with Crippen molar-refractivity contribution in [2.75, 3.05) is 6.61 Å². The van der Waals surface area contributed by atoms with Gasteiger partial charge in [0.05, 0.1) is 6.61 Å². The van der Waals surface area contributed by atoms with Gasteiger partial charge in [0, 0.05) is 6.20 Å². The van der Waals surface area contributed by atoms with Gasteiger partial charge in [0.2, 0.25) is 0 Å². The molecule has 0 amide bonds. The highest BCUT2D eigenvalue weighted by Gasteiger charge is 2.14. The maximum atomic E-state index is 11.2. The van der Waals surface area contributed by atoms with Crippen LogP contribution in [0.4, 0.5) is 4.79 Å². The molecule has 0 N–H and O–H groups in total. The zero-order chi connectivity index (χ0) is 11.5. The van der Waals surface area contributed by atoms with Crippen LogP contribution in [0.2, 0.25) is 0 Å². The molecule has 0 unspecified atom stereocenters. The van der Waals surface area contributed by atoms with E-state index >= 15 is 0 Å². The van der Waals surface area contributed by atoms with E-state index in [0.717, 1.165) is 5.52 Å². The zero-order valence-electron chi connectivity index (χ0n) is 9.14. The van der Waals surface area contributed by atoms with Crippen LogP contribution in [-0.4, -0.2) is 22.4 Å². The zero-order valence-corrected chi connectivity index (χ0v) is 9.14. The van der Waals surface area contributed by atoms with E-state index in [1.54, 1.807) is 24.6 Å². The molecule has 0 aliphatic rings. The molecule has 2 heterocycles. The van der Waals surface area contributed by atoms with E-state index in [2.05, 4.69) is 5.10 Å². The highest BCUT2D eigenvalue weighted by molar-refractivity contribution is 5.71. The van der Waals surface area contributed by atoms with Crippen LogP contribution >= 0.6 is 0 Å². The molecule has 0 saturated carbocycles. The number of ether oxygens (including phenoxy) is 2. The van der Waals surface area contributed by atoms with Gasteiger partial charge in [0.15, 0.2) is 5.75 Å². The average Bonchev–Trinajstić information content (AvgIpc) is 2.56. The Hall–Kier alpha value is -2.04. The van der Waals surface area contributed by atoms with Crippen LogP contribution in [0.3, 0.4) is 0 Å². The monoisotopic (exact) mass is 220 g/mol. The molecule has 84 valence electrons. The minimum absolute atomic E-state index is 0.289. The lowest BCUT2D eigenvalue weighted by molar-refractivity contribution is 0.104. The Morgan fingerprint density at radius 3 is 3.06 bits per heavy atom. The minimum atomic E-state index is -0.704. The molecule has 2 rings (SSSR count). The number of aromatic nitrogens is 2. The summed E-state index contributed by atoms with van der Waals surface area (Å²) in [7, 11) is 0. The number of nitrogens with zero attached hydrogens (tertiary/aromatic N) is 2. The van der Waals surface area contributed by atoms with E-state index in [4.69, 9.17) is 9.47 Å². The number of pyridine rings is 1. The SMILES string of the molecule is CCOC(=O)Oc1c(C)nn2ccccc12. The number of carbonyl (C=O) groups excluding carboxylic acids is 1. The third-order valence-corrected chi connectivity index (χ3v) is 2.11. The van der Waals surface area contributed by atoms with Crippen molar-refractivity contribution in [3.05, 3.63) is 30.1 Å². The summed E-state index contributed by atoms with van der Waals surface area (Å²) in [4.78, 5) is 11.2. The molecular formula is C11H12N2O3. The van der Waals surface area contributed by atoms with E-state index in [-0.39, 0.29) is 6.61 Å². The van der Waals surface area contributed by atoms with Crippen LogP contribution < -0.4 is 4.74 Å². The fraction of sp³-hybridized carbons (Fsp3) is 0.273. The van der Waals surface area contributed by atoms with Crippen molar-refractivity contribution in [3.8, 4) is 5.75 Å². The Morgan fingerprint density at radius 1 is 1.50 bits per heavy atom. The summed E-state index contributed by atoms with van der Waals surface area (Å²) in [5.41, 5.74) is 1.40. The molecule has 0 aromatic carbocycles. The first-order valence-electron chi connectivity index (χ1n) is 5.01. The summed E-state index contributed by atoms with van der Waals surface area (Å²) >= 11 is 0. The standard InChI is InChI=1S/C11H12N2O3/c1-3-15-11(14)16-10-8(2)12-13-7-5-4-6-9(10)13/h4-7H,3H2,1-2H3. The Balaban J connectivity index is 2.36. The van der Waals surface area contributed by atoms with Crippen LogP contribution in [-0.2, 0) is 4.74 Å². The molecule has 0 atom stereocenters. The molecule has 0 fully saturated rings. The minimum Gasteiger partial charge on any atom is -0.434 e. The first-order valence-corrected chi connectivity index (χ1v) is 5.01. The second-order valence-electron chi connectivity index (χ2n) is 3.23. The highest BCUT2D eigenvalue weighted by atomic mass is 16.7. The molecule has 0 aliphatic carbocycles. The predicted molar refractivity (Wildman–Crippen MR) is 57.6 cm³/mol. The molecule has 2 aromatic heterocycles. The Kier molecular flexibility index (Phi) is 2.76. The molecule has 0 spiro atoms. The van der Waals surface area contributed by atoms with Gasteiger partial charge in [0.25, 0.3) is 0 Å². The van der Waals surface area contributed by atoms with Crippen LogP contribution in [0, 0.1) is 6.92 Å². The highest BCUT2D eigenvalue weighted by Crippen LogP contribution is 2.24. The van der Waals surface area contributed by atoms with E-state index in [9.17, 15) is 4.79 Å². The number of fused-ring (bicyclic) bond motifs is 1. The molecule has 2 aromatic rings. The average molecular weight is 220 g/mol. The third kappa shape index (κ3) is 1.84. The molecule has 5 nitrogen and oxygen atoms in total. The lowest BCUT2D eigenvalue weighted by Crippen LogP contribution is -2.10. The van der Waals surface area contributed by atoms with Gasteiger partial charge >= 0.3 is 6.16 Å². The second-order valence-corrected chi connectivity index (χ2v) is 3.23. The summed E-state index contributed by atoms with van der Waals surface area (Å²) in [6.07, 6.45) is 1.09. The molecular weight excluding hydrogens is 208 g/mol. The summed E-state index contributed by atoms with van der Waals surface area (Å²) in [5, 5.41) is 4.21. The topological polar surface area (TPSA) is 52.8 Å². The van der Waals surface area contributed by atoms with E-state index in [1.807, 2.05) is 18.2 Å². The summed E-state index contributed by atoms with van der Waals surface area (Å²) in [5.74, 6) is 0.444. The van der Waals surface area contributed by atoms with Gasteiger partial charge in [-0.25, -0.2) is 9.31 Å². The van der Waals surface area contributed by atoms with Crippen molar-refractivity contribution in [2.45, 2.75) is 13.8 Å². The maximum absolute atomic E-state index is 11.2. The lowest BCUT2D eigenvalue weighted by atomic mass is 10.3. The predicted octanol–water partition coefficient (Wildman–Crippen LogP) is 2.18. The Bertz CT molecular complexity index is 519. The number of rotatable bonds is 2. The summed E-state index contributed by atoms with van der Waals surface area (Å²) < 4.78 is 11.5. The number of aryl methyl sites for hydroxylation is 1. The van der Waals surface area contributed by atoms with Crippen molar-refractivity contribution >= 4 is 11.7 Å². The summed E-state index contributed by atoms with van der Waals surface area (Å²) in [6.45, 7) is 3.79. The molecule has 0 aliphatic heterocycles. The lowest BCUT2D eigenvalue weighted by Gasteiger charge is -2.02. The number of hydrogen-bond acceptors (Lipinski definition) is 4. The van der Waals surface area contributed by atoms with Gasteiger partial charge in [-0.3, -0.25) is 0 Å². The van der Waals surface area contributed by atoms with Crippen molar-refractivity contribution in [2.24, 2.45) is 0 Å². The maximum Gasteiger partial charge on any atom is 0.513 e. The number of hydrogen-bond donors (Lipinski definition) is 0. The van der Waals surface area contributed by atoms with Crippen LogP contribution in [0.25, 0.3) is 5.52 Å². The van der Waals surface area contributed by atoms with Crippen molar-refractivity contribution in [1.82, 2.24) is 9.61 Å². The molecule has 5 heteroatoms. The van der Waals surface area contributed by atoms with Gasteiger partial charge in [-0.1, -0.05) is 6.07 Å². The molecule has 0 radical (unpaired) electrons. The largest absolute Gasteiger partial charge is 0.513 e. The Labute approximate surface area is 92.6 Å². The van der Waals surface area contributed by atoms with Crippen LogP contribution in [0.15, 0.2) is 24.4 Å². The Morgan fingerprint density at radius 2 is 2.31 bits per heavy atom. The first-order chi connectivity index (χ1) is 7.72. The van der Waals surface area contributed by atoms with Gasteiger partial charge in [0.1, 0.15) is 11.2 Å². The summed E-state index contributed by atoms with van der Waals surface area (Å²) in [6, 6.07) is 5.54. The molecule has 16 heavy (non-hydrogen) atoms. The van der Waals surface area contributed by atoms with Gasteiger partial charge in [-0.05, 0) is 26.0 Å². The van der Waals surface area contributed by atoms with Crippen LogP contribution in [0.5, 0.6) is 5.75 Å².